The molecular weight excluding hydrogens is 390 g/mol. The largest absolute Gasteiger partial charge is 0.481 e. The first kappa shape index (κ1) is 19.1. The standard InChI is InChI=1S/C26H21NO4/c28-25(29)11-5-6-18-16-27(23-10-4-3-7-19(18)23)15-17-12-13-21-20-8-1-2-9-22(20)26(30)31-24(21)14-17/h1-4,7-10,12-14,16H,5-6,11,15H2,(H,28,29). The minimum atomic E-state index is -0.770. The fraction of sp³-hybridized carbons (Fsp3) is 0.154. The second kappa shape index (κ2) is 7.76. The van der Waals surface area contributed by atoms with Crippen LogP contribution in [0.25, 0.3) is 32.6 Å². The zero-order valence-electron chi connectivity index (χ0n) is 16.9. The molecule has 0 saturated carbocycles. The molecule has 0 amide bonds. The first-order valence-corrected chi connectivity index (χ1v) is 10.3. The van der Waals surface area contributed by atoms with Crippen LogP contribution in [0.15, 0.2) is 82.1 Å². The molecule has 0 radical (unpaired) electrons. The number of rotatable bonds is 6. The van der Waals surface area contributed by atoms with Crippen LogP contribution in [0.2, 0.25) is 0 Å². The number of carboxylic acid groups (broad SMARTS) is 1. The first-order chi connectivity index (χ1) is 15.1. The maximum absolute atomic E-state index is 12.4. The average molecular weight is 411 g/mol. The number of hydrogen-bond donors (Lipinski definition) is 1. The smallest absolute Gasteiger partial charge is 0.344 e. The molecule has 5 rings (SSSR count). The highest BCUT2D eigenvalue weighted by Crippen LogP contribution is 2.27. The quantitative estimate of drug-likeness (QED) is 0.302. The lowest BCUT2D eigenvalue weighted by Gasteiger charge is -2.08. The zero-order valence-corrected chi connectivity index (χ0v) is 16.9. The maximum atomic E-state index is 12.4. The Labute approximate surface area is 178 Å². The Morgan fingerprint density at radius 3 is 2.45 bits per heavy atom. The summed E-state index contributed by atoms with van der Waals surface area (Å²) in [4.78, 5) is 23.3. The molecule has 2 heterocycles. The van der Waals surface area contributed by atoms with E-state index in [0.717, 1.165) is 39.2 Å². The van der Waals surface area contributed by atoms with Crippen molar-refractivity contribution in [2.75, 3.05) is 0 Å². The van der Waals surface area contributed by atoms with E-state index in [1.807, 2.05) is 42.5 Å². The minimum absolute atomic E-state index is 0.164. The Bertz CT molecular complexity index is 1490. The van der Waals surface area contributed by atoms with Crippen LogP contribution in [-0.4, -0.2) is 15.6 Å². The number of aliphatic carboxylic acids is 1. The zero-order chi connectivity index (χ0) is 21.4. The number of nitrogens with zero attached hydrogens (tertiary/aromatic N) is 1. The molecule has 154 valence electrons. The lowest BCUT2D eigenvalue weighted by molar-refractivity contribution is -0.137. The summed E-state index contributed by atoms with van der Waals surface area (Å²) in [5.74, 6) is -0.770. The molecule has 0 aliphatic rings. The van der Waals surface area contributed by atoms with Crippen molar-refractivity contribution in [3.63, 3.8) is 0 Å². The number of carbonyl (C=O) groups is 1. The van der Waals surface area contributed by atoms with Crippen molar-refractivity contribution < 1.29 is 14.3 Å². The lowest BCUT2D eigenvalue weighted by atomic mass is 10.1. The Kier molecular flexibility index (Phi) is 4.79. The Morgan fingerprint density at radius 2 is 1.65 bits per heavy atom. The Hall–Kier alpha value is -3.86. The van der Waals surface area contributed by atoms with Crippen LogP contribution in [0.4, 0.5) is 0 Å². The second-order valence-corrected chi connectivity index (χ2v) is 7.81. The molecule has 5 aromatic rings. The topological polar surface area (TPSA) is 72.4 Å². The summed E-state index contributed by atoms with van der Waals surface area (Å²) in [6, 6.07) is 21.7. The Balaban J connectivity index is 1.53. The highest BCUT2D eigenvalue weighted by molar-refractivity contribution is 6.04. The van der Waals surface area contributed by atoms with Gasteiger partial charge in [-0.05, 0) is 47.6 Å². The number of para-hydroxylation sites is 1. The number of carboxylic acids is 1. The molecule has 5 nitrogen and oxygen atoms in total. The van der Waals surface area contributed by atoms with Gasteiger partial charge >= 0.3 is 11.6 Å². The molecule has 0 fully saturated rings. The highest BCUT2D eigenvalue weighted by Gasteiger charge is 2.11. The molecule has 1 N–H and O–H groups in total. The van der Waals surface area contributed by atoms with E-state index < -0.39 is 5.97 Å². The molecule has 0 aliphatic heterocycles. The molecule has 2 aromatic heterocycles. The van der Waals surface area contributed by atoms with Gasteiger partial charge in [-0.25, -0.2) is 4.79 Å². The van der Waals surface area contributed by atoms with E-state index in [2.05, 4.69) is 29.0 Å². The van der Waals surface area contributed by atoms with Crippen molar-refractivity contribution in [1.82, 2.24) is 4.57 Å². The van der Waals surface area contributed by atoms with Gasteiger partial charge in [0, 0.05) is 35.5 Å². The van der Waals surface area contributed by atoms with Crippen LogP contribution in [-0.2, 0) is 17.8 Å². The molecule has 0 unspecified atom stereocenters. The summed E-state index contributed by atoms with van der Waals surface area (Å²) in [6.07, 6.45) is 3.60. The number of hydrogen-bond acceptors (Lipinski definition) is 3. The fourth-order valence-corrected chi connectivity index (χ4v) is 4.30. The molecule has 0 saturated heterocycles. The fourth-order valence-electron chi connectivity index (χ4n) is 4.30. The van der Waals surface area contributed by atoms with E-state index in [1.54, 1.807) is 6.07 Å². The van der Waals surface area contributed by atoms with Gasteiger partial charge in [0.25, 0.3) is 0 Å². The number of aromatic nitrogens is 1. The summed E-state index contributed by atoms with van der Waals surface area (Å²) in [6.45, 7) is 0.631. The van der Waals surface area contributed by atoms with Gasteiger partial charge in [0.05, 0.1) is 5.39 Å². The van der Waals surface area contributed by atoms with Crippen molar-refractivity contribution in [2.45, 2.75) is 25.8 Å². The molecular formula is C26H21NO4. The molecule has 31 heavy (non-hydrogen) atoms. The van der Waals surface area contributed by atoms with E-state index in [1.165, 1.54) is 0 Å². The van der Waals surface area contributed by atoms with Crippen LogP contribution < -0.4 is 5.63 Å². The van der Waals surface area contributed by atoms with Gasteiger partial charge in [-0.2, -0.15) is 0 Å². The third-order valence-electron chi connectivity index (χ3n) is 5.75. The second-order valence-electron chi connectivity index (χ2n) is 7.81. The normalized spacial score (nSPS) is 11.5. The molecule has 0 aliphatic carbocycles. The minimum Gasteiger partial charge on any atom is -0.481 e. The third-order valence-corrected chi connectivity index (χ3v) is 5.75. The summed E-state index contributed by atoms with van der Waals surface area (Å²) < 4.78 is 7.77. The summed E-state index contributed by atoms with van der Waals surface area (Å²) in [5.41, 5.74) is 3.54. The van der Waals surface area contributed by atoms with Crippen LogP contribution in [0.3, 0.4) is 0 Å². The van der Waals surface area contributed by atoms with E-state index in [0.29, 0.717) is 23.9 Å². The molecule has 5 heteroatoms. The van der Waals surface area contributed by atoms with E-state index >= 15 is 0 Å². The first-order valence-electron chi connectivity index (χ1n) is 10.3. The average Bonchev–Trinajstić information content (AvgIpc) is 3.11. The van der Waals surface area contributed by atoms with Crippen LogP contribution in [0.1, 0.15) is 24.0 Å². The SMILES string of the molecule is O=C(O)CCCc1cn(Cc2ccc3c(c2)oc(=O)c2ccccc23)c2ccccc12. The van der Waals surface area contributed by atoms with Crippen molar-refractivity contribution in [1.29, 1.82) is 0 Å². The van der Waals surface area contributed by atoms with Gasteiger partial charge in [0.15, 0.2) is 0 Å². The van der Waals surface area contributed by atoms with Gasteiger partial charge in [-0.3, -0.25) is 4.79 Å². The summed E-state index contributed by atoms with van der Waals surface area (Å²) in [5, 5.41) is 12.5. The van der Waals surface area contributed by atoms with E-state index in [4.69, 9.17) is 9.52 Å². The third kappa shape index (κ3) is 3.59. The highest BCUT2D eigenvalue weighted by atomic mass is 16.4. The van der Waals surface area contributed by atoms with Gasteiger partial charge in [-0.15, -0.1) is 0 Å². The van der Waals surface area contributed by atoms with Crippen molar-refractivity contribution in [3.05, 3.63) is 94.5 Å². The van der Waals surface area contributed by atoms with Gasteiger partial charge < -0.3 is 14.1 Å². The van der Waals surface area contributed by atoms with Crippen LogP contribution in [0.5, 0.6) is 0 Å². The van der Waals surface area contributed by atoms with Gasteiger partial charge in [0.2, 0.25) is 0 Å². The van der Waals surface area contributed by atoms with E-state index in [-0.39, 0.29) is 12.0 Å². The van der Waals surface area contributed by atoms with Crippen molar-refractivity contribution >= 4 is 38.6 Å². The van der Waals surface area contributed by atoms with Crippen molar-refractivity contribution in [3.8, 4) is 0 Å². The number of benzene rings is 3. The van der Waals surface area contributed by atoms with Gasteiger partial charge in [0.1, 0.15) is 5.58 Å². The molecule has 0 spiro atoms. The summed E-state index contributed by atoms with van der Waals surface area (Å²) >= 11 is 0. The predicted octanol–water partition coefficient (Wildman–Crippen LogP) is 5.36. The van der Waals surface area contributed by atoms with Crippen molar-refractivity contribution in [2.24, 2.45) is 0 Å². The maximum Gasteiger partial charge on any atom is 0.344 e. The molecule has 3 aromatic carbocycles. The summed E-state index contributed by atoms with van der Waals surface area (Å²) in [7, 11) is 0. The van der Waals surface area contributed by atoms with Crippen LogP contribution >= 0.6 is 0 Å². The Morgan fingerprint density at radius 1 is 0.903 bits per heavy atom. The number of fused-ring (bicyclic) bond motifs is 4. The van der Waals surface area contributed by atoms with E-state index in [9.17, 15) is 9.59 Å². The molecule has 0 bridgehead atoms. The molecule has 0 atom stereocenters. The monoisotopic (exact) mass is 411 g/mol. The van der Waals surface area contributed by atoms with Gasteiger partial charge in [-0.1, -0.05) is 48.5 Å². The number of aryl methyl sites for hydroxylation is 1. The lowest BCUT2D eigenvalue weighted by Crippen LogP contribution is -2.01. The van der Waals surface area contributed by atoms with Crippen LogP contribution in [0, 0.1) is 0 Å². The predicted molar refractivity (Wildman–Crippen MR) is 122 cm³/mol.